The molecule has 0 bridgehead atoms. The zero-order valence-electron chi connectivity index (χ0n) is 11.4. The average molecular weight is 300 g/mol. The molecule has 3 N–H and O–H groups in total. The lowest BCUT2D eigenvalue weighted by Crippen LogP contribution is -2.51. The van der Waals surface area contributed by atoms with Gasteiger partial charge < -0.3 is 10.0 Å². The largest absolute Gasteiger partial charge is 0.477 e. The number of nitrogens with one attached hydrogen (secondary N) is 2. The fourth-order valence-corrected chi connectivity index (χ4v) is 2.34. The van der Waals surface area contributed by atoms with Crippen LogP contribution in [-0.2, 0) is 9.59 Å². The van der Waals surface area contributed by atoms with Crippen molar-refractivity contribution >= 4 is 23.5 Å². The molecule has 2 aromatic rings. The SMILES string of the molecule is O=C1CN(c2ccccc2-c2cc(C(=O)O)[nH]n2)CC(=O)N1. The Morgan fingerprint density at radius 1 is 1.18 bits per heavy atom. The van der Waals surface area contributed by atoms with Gasteiger partial charge in [0.2, 0.25) is 11.8 Å². The Morgan fingerprint density at radius 2 is 1.86 bits per heavy atom. The number of amides is 2. The number of piperazine rings is 1. The number of aromatic amines is 1. The summed E-state index contributed by atoms with van der Waals surface area (Å²) in [7, 11) is 0. The highest BCUT2D eigenvalue weighted by Gasteiger charge is 2.25. The Kier molecular flexibility index (Phi) is 3.34. The summed E-state index contributed by atoms with van der Waals surface area (Å²) in [6.45, 7) is 0.109. The zero-order valence-corrected chi connectivity index (χ0v) is 11.4. The van der Waals surface area contributed by atoms with E-state index in [1.54, 1.807) is 29.2 Å². The number of carbonyl (C=O) groups excluding carboxylic acids is 2. The summed E-state index contributed by atoms with van der Waals surface area (Å²) >= 11 is 0. The van der Waals surface area contributed by atoms with Crippen LogP contribution in [0.25, 0.3) is 11.3 Å². The summed E-state index contributed by atoms with van der Waals surface area (Å²) in [6, 6.07) is 8.48. The molecule has 112 valence electrons. The number of aromatic carboxylic acids is 1. The molecule has 0 saturated carbocycles. The van der Waals surface area contributed by atoms with Gasteiger partial charge in [-0.05, 0) is 12.1 Å². The van der Waals surface area contributed by atoms with Crippen molar-refractivity contribution in [2.75, 3.05) is 18.0 Å². The molecule has 0 aliphatic carbocycles. The quantitative estimate of drug-likeness (QED) is 0.699. The van der Waals surface area contributed by atoms with Crippen molar-refractivity contribution in [3.63, 3.8) is 0 Å². The van der Waals surface area contributed by atoms with Crippen molar-refractivity contribution < 1.29 is 19.5 Å². The van der Waals surface area contributed by atoms with Crippen molar-refractivity contribution in [2.45, 2.75) is 0 Å². The number of H-pyrrole nitrogens is 1. The Balaban J connectivity index is 2.00. The van der Waals surface area contributed by atoms with Gasteiger partial charge in [-0.1, -0.05) is 18.2 Å². The van der Waals surface area contributed by atoms with Crippen LogP contribution in [0.3, 0.4) is 0 Å². The lowest BCUT2D eigenvalue weighted by atomic mass is 10.1. The first-order chi connectivity index (χ1) is 10.5. The van der Waals surface area contributed by atoms with E-state index in [1.807, 2.05) is 0 Å². The van der Waals surface area contributed by atoms with Crippen LogP contribution < -0.4 is 10.2 Å². The second-order valence-corrected chi connectivity index (χ2v) is 4.82. The van der Waals surface area contributed by atoms with Gasteiger partial charge in [0, 0.05) is 11.3 Å². The molecular weight excluding hydrogens is 288 g/mol. The number of nitrogens with zero attached hydrogens (tertiary/aromatic N) is 2. The van der Waals surface area contributed by atoms with Crippen LogP contribution in [0.5, 0.6) is 0 Å². The fourth-order valence-electron chi connectivity index (χ4n) is 2.34. The lowest BCUT2D eigenvalue weighted by molar-refractivity contribution is -0.130. The Bertz CT molecular complexity index is 752. The number of anilines is 1. The number of benzene rings is 1. The van der Waals surface area contributed by atoms with Gasteiger partial charge in [-0.3, -0.25) is 20.0 Å². The summed E-state index contributed by atoms with van der Waals surface area (Å²) in [6.07, 6.45) is 0. The van der Waals surface area contributed by atoms with E-state index in [0.717, 1.165) is 0 Å². The first-order valence-corrected chi connectivity index (χ1v) is 6.50. The van der Waals surface area contributed by atoms with Crippen molar-refractivity contribution in [1.82, 2.24) is 15.5 Å². The monoisotopic (exact) mass is 300 g/mol. The molecule has 8 nitrogen and oxygen atoms in total. The molecule has 1 aliphatic heterocycles. The van der Waals surface area contributed by atoms with Crippen molar-refractivity contribution in [3.8, 4) is 11.3 Å². The molecular formula is C14H12N4O4. The van der Waals surface area contributed by atoms with Gasteiger partial charge in [0.05, 0.1) is 18.8 Å². The number of hydrogen-bond donors (Lipinski definition) is 3. The number of carbonyl (C=O) groups is 3. The molecule has 0 spiro atoms. The number of carboxylic acid groups (broad SMARTS) is 1. The van der Waals surface area contributed by atoms with E-state index in [4.69, 9.17) is 5.11 Å². The van der Waals surface area contributed by atoms with Crippen LogP contribution in [0.15, 0.2) is 30.3 Å². The minimum absolute atomic E-state index is 0.0303. The second kappa shape index (κ2) is 5.32. The maximum absolute atomic E-state index is 11.5. The number of carboxylic acids is 1. The molecule has 1 aliphatic rings. The second-order valence-electron chi connectivity index (χ2n) is 4.82. The smallest absolute Gasteiger partial charge is 0.353 e. The maximum atomic E-state index is 11.5. The van der Waals surface area contributed by atoms with Crippen molar-refractivity contribution in [2.24, 2.45) is 0 Å². The van der Waals surface area contributed by atoms with Gasteiger partial charge in [0.1, 0.15) is 5.69 Å². The maximum Gasteiger partial charge on any atom is 0.353 e. The van der Waals surface area contributed by atoms with Gasteiger partial charge in [-0.2, -0.15) is 5.10 Å². The minimum atomic E-state index is -1.11. The molecule has 1 fully saturated rings. The Labute approximate surface area is 124 Å². The molecule has 8 heteroatoms. The van der Waals surface area contributed by atoms with E-state index in [2.05, 4.69) is 15.5 Å². The van der Waals surface area contributed by atoms with Crippen LogP contribution in [0.4, 0.5) is 5.69 Å². The van der Waals surface area contributed by atoms with Crippen LogP contribution in [0.2, 0.25) is 0 Å². The lowest BCUT2D eigenvalue weighted by Gasteiger charge is -2.28. The van der Waals surface area contributed by atoms with Gasteiger partial charge in [0.15, 0.2) is 0 Å². The van der Waals surface area contributed by atoms with E-state index >= 15 is 0 Å². The average Bonchev–Trinajstić information content (AvgIpc) is 2.96. The fraction of sp³-hybridized carbons (Fsp3) is 0.143. The van der Waals surface area contributed by atoms with E-state index in [0.29, 0.717) is 16.9 Å². The van der Waals surface area contributed by atoms with Crippen LogP contribution in [0.1, 0.15) is 10.5 Å². The summed E-state index contributed by atoms with van der Waals surface area (Å²) in [5.41, 5.74) is 1.70. The highest BCUT2D eigenvalue weighted by Crippen LogP contribution is 2.30. The summed E-state index contributed by atoms with van der Waals surface area (Å²) in [5.74, 6) is -1.86. The molecule has 1 aromatic heterocycles. The predicted octanol–water partition coefficient (Wildman–Crippen LogP) is 0.238. The first kappa shape index (κ1) is 13.8. The third-order valence-electron chi connectivity index (χ3n) is 3.28. The summed E-state index contributed by atoms with van der Waals surface area (Å²) in [5, 5.41) is 17.6. The van der Waals surface area contributed by atoms with E-state index in [1.165, 1.54) is 6.07 Å². The van der Waals surface area contributed by atoms with Gasteiger partial charge >= 0.3 is 5.97 Å². The van der Waals surface area contributed by atoms with E-state index in [9.17, 15) is 14.4 Å². The van der Waals surface area contributed by atoms with Gasteiger partial charge in [-0.15, -0.1) is 0 Å². The van der Waals surface area contributed by atoms with Crippen LogP contribution in [-0.4, -0.2) is 46.2 Å². The predicted molar refractivity (Wildman–Crippen MR) is 76.3 cm³/mol. The molecule has 2 heterocycles. The molecule has 0 radical (unpaired) electrons. The third-order valence-corrected chi connectivity index (χ3v) is 3.28. The first-order valence-electron chi connectivity index (χ1n) is 6.50. The van der Waals surface area contributed by atoms with Gasteiger partial charge in [0.25, 0.3) is 0 Å². The molecule has 3 rings (SSSR count). The van der Waals surface area contributed by atoms with E-state index < -0.39 is 5.97 Å². The zero-order chi connectivity index (χ0) is 15.7. The minimum Gasteiger partial charge on any atom is -0.477 e. The van der Waals surface area contributed by atoms with E-state index in [-0.39, 0.29) is 30.6 Å². The molecule has 22 heavy (non-hydrogen) atoms. The van der Waals surface area contributed by atoms with Crippen LogP contribution >= 0.6 is 0 Å². The topological polar surface area (TPSA) is 115 Å². The number of para-hydroxylation sites is 1. The normalized spacial score (nSPS) is 14.8. The summed E-state index contributed by atoms with van der Waals surface area (Å²) in [4.78, 5) is 35.6. The number of imide groups is 1. The molecule has 0 unspecified atom stereocenters. The molecule has 2 amide bonds. The molecule has 0 atom stereocenters. The third kappa shape index (κ3) is 2.53. The highest BCUT2D eigenvalue weighted by molar-refractivity contribution is 6.03. The highest BCUT2D eigenvalue weighted by atomic mass is 16.4. The number of aromatic nitrogens is 2. The standard InChI is InChI=1S/C14H12N4O4/c19-12-6-18(7-13(20)15-12)11-4-2-1-3-8(11)9-5-10(14(21)22)17-16-9/h1-5H,6-7H2,(H,16,17)(H,21,22)(H,15,19,20). The van der Waals surface area contributed by atoms with Crippen molar-refractivity contribution in [3.05, 3.63) is 36.0 Å². The number of rotatable bonds is 3. The van der Waals surface area contributed by atoms with Crippen molar-refractivity contribution in [1.29, 1.82) is 0 Å². The molecule has 1 saturated heterocycles. The Morgan fingerprint density at radius 3 is 2.50 bits per heavy atom. The Hall–Kier alpha value is -3.16. The molecule has 1 aromatic carbocycles. The van der Waals surface area contributed by atoms with Crippen LogP contribution in [0, 0.1) is 0 Å². The summed E-state index contributed by atoms with van der Waals surface area (Å²) < 4.78 is 0. The number of hydrogen-bond acceptors (Lipinski definition) is 5. The van der Waals surface area contributed by atoms with Gasteiger partial charge in [-0.25, -0.2) is 4.79 Å².